The normalized spacial score (nSPS) is 15.2. The fourth-order valence-corrected chi connectivity index (χ4v) is 7.07. The number of nitriles is 1. The van der Waals surface area contributed by atoms with Gasteiger partial charge in [0.1, 0.15) is 18.2 Å². The number of aromatic nitrogens is 3. The van der Waals surface area contributed by atoms with Crippen molar-refractivity contribution in [3.63, 3.8) is 0 Å². The van der Waals surface area contributed by atoms with Gasteiger partial charge in [-0.15, -0.1) is 0 Å². The van der Waals surface area contributed by atoms with Crippen molar-refractivity contribution in [1.29, 1.82) is 10.0 Å². The van der Waals surface area contributed by atoms with Crippen molar-refractivity contribution in [2.75, 3.05) is 31.7 Å². The number of halogens is 1. The summed E-state index contributed by atoms with van der Waals surface area (Å²) in [5, 5.41) is 12.6. The summed E-state index contributed by atoms with van der Waals surface area (Å²) >= 11 is 1.41. The van der Waals surface area contributed by atoms with Crippen LogP contribution in [0.2, 0.25) is 0 Å². The molecule has 0 bridgehead atoms. The zero-order valence-corrected chi connectivity index (χ0v) is 32.4. The molecular formula is C38H48FN7O4S2. The second-order valence-corrected chi connectivity index (χ2v) is 18.0. The molecule has 14 heteroatoms. The summed E-state index contributed by atoms with van der Waals surface area (Å²) in [7, 11) is -2.76. The maximum atomic E-state index is 14.3. The minimum atomic E-state index is -2.76. The van der Waals surface area contributed by atoms with Gasteiger partial charge in [-0.25, -0.2) is 14.4 Å². The summed E-state index contributed by atoms with van der Waals surface area (Å²) < 4.78 is 48.5. The molecule has 2 aromatic carbocycles. The lowest BCUT2D eigenvalue weighted by atomic mass is 9.99. The van der Waals surface area contributed by atoms with Gasteiger partial charge in [0, 0.05) is 70.8 Å². The summed E-state index contributed by atoms with van der Waals surface area (Å²) in [4.78, 5) is 26.0. The van der Waals surface area contributed by atoms with Gasteiger partial charge in [-0.2, -0.15) is 5.26 Å². The largest absolute Gasteiger partial charge is 0.465 e. The van der Waals surface area contributed by atoms with Crippen LogP contribution in [0.1, 0.15) is 86.1 Å². The van der Waals surface area contributed by atoms with Crippen LogP contribution in [-0.4, -0.2) is 72.4 Å². The van der Waals surface area contributed by atoms with Gasteiger partial charge in [0.15, 0.2) is 0 Å². The fourth-order valence-electron chi connectivity index (χ4n) is 5.70. The van der Waals surface area contributed by atoms with Crippen molar-refractivity contribution in [3.8, 4) is 11.3 Å². The van der Waals surface area contributed by atoms with Crippen LogP contribution in [0.15, 0.2) is 48.7 Å². The number of hydrogen-bond acceptors (Lipinski definition) is 10. The third-order valence-corrected chi connectivity index (χ3v) is 11.3. The number of thiazole rings is 1. The highest BCUT2D eigenvalue weighted by Crippen LogP contribution is 2.32. The molecule has 0 saturated carbocycles. The molecule has 4 aromatic rings. The highest BCUT2D eigenvalue weighted by atomic mass is 32.2. The third kappa shape index (κ3) is 10.5. The second-order valence-electron chi connectivity index (χ2n) is 14.6. The first-order valence-electron chi connectivity index (χ1n) is 17.4. The van der Waals surface area contributed by atoms with Crippen molar-refractivity contribution in [1.82, 2.24) is 24.8 Å². The number of imidazole rings is 1. The van der Waals surface area contributed by atoms with Crippen LogP contribution in [0.3, 0.4) is 0 Å². The molecule has 278 valence electrons. The van der Waals surface area contributed by atoms with E-state index in [1.165, 1.54) is 23.7 Å². The van der Waals surface area contributed by atoms with Gasteiger partial charge in [-0.05, 0) is 82.9 Å². The molecule has 52 heavy (non-hydrogen) atoms. The summed E-state index contributed by atoms with van der Waals surface area (Å²) in [5.41, 5.74) is 3.08. The standard InChI is InChI=1S/C38H48FN7O4S2/c1-7-38(4,5)50-18-14-37(2,3)44-35(47)28-10-11-31-32(21-28)46(17-19-52(6,41)48)34(43-31)24-45-15-12-27(13-16-45)33-23-42-36(51-33)49-25-29-9-8-26(22-40)20-30(29)39/h8-12,20-21,23,41H,7,13-19,24-25H2,1-6H3,(H,44,47). The Morgan fingerprint density at radius 2 is 2.00 bits per heavy atom. The Kier molecular flexibility index (Phi) is 12.2. The zero-order chi connectivity index (χ0) is 37.7. The van der Waals surface area contributed by atoms with E-state index in [0.717, 1.165) is 46.7 Å². The predicted molar refractivity (Wildman–Crippen MR) is 203 cm³/mol. The van der Waals surface area contributed by atoms with Crippen molar-refractivity contribution < 1.29 is 22.9 Å². The number of benzene rings is 2. The molecular weight excluding hydrogens is 702 g/mol. The van der Waals surface area contributed by atoms with Crippen LogP contribution in [0, 0.1) is 21.9 Å². The van der Waals surface area contributed by atoms with E-state index in [4.69, 9.17) is 24.5 Å². The highest BCUT2D eigenvalue weighted by molar-refractivity contribution is 7.91. The molecule has 2 N–H and O–H groups in total. The van der Waals surface area contributed by atoms with E-state index >= 15 is 0 Å². The van der Waals surface area contributed by atoms with Gasteiger partial charge >= 0.3 is 0 Å². The lowest BCUT2D eigenvalue weighted by Gasteiger charge is -2.29. The minimum Gasteiger partial charge on any atom is -0.465 e. The van der Waals surface area contributed by atoms with Crippen LogP contribution >= 0.6 is 11.3 Å². The number of fused-ring (bicyclic) bond motifs is 1. The van der Waals surface area contributed by atoms with Gasteiger partial charge in [0.2, 0.25) is 0 Å². The molecule has 2 aromatic heterocycles. The van der Waals surface area contributed by atoms with Gasteiger partial charge in [0.25, 0.3) is 11.1 Å². The monoisotopic (exact) mass is 749 g/mol. The summed E-state index contributed by atoms with van der Waals surface area (Å²) in [6.45, 7) is 13.1. The van der Waals surface area contributed by atoms with Crippen molar-refractivity contribution in [3.05, 3.63) is 81.9 Å². The van der Waals surface area contributed by atoms with Crippen LogP contribution in [0.5, 0.6) is 5.19 Å². The van der Waals surface area contributed by atoms with Crippen molar-refractivity contribution in [2.45, 2.75) is 84.7 Å². The number of rotatable bonds is 16. The molecule has 0 spiro atoms. The minimum absolute atomic E-state index is 0.0167. The summed E-state index contributed by atoms with van der Waals surface area (Å²) in [5.74, 6) is 0.275. The average Bonchev–Trinajstić information content (AvgIpc) is 3.70. The Labute approximate surface area is 309 Å². The Balaban J connectivity index is 1.26. The topological polar surface area (TPSA) is 146 Å². The number of nitrogens with zero attached hydrogens (tertiary/aromatic N) is 5. The maximum Gasteiger partial charge on any atom is 0.274 e. The Bertz CT molecular complexity index is 2100. The van der Waals surface area contributed by atoms with Crippen molar-refractivity contribution in [2.24, 2.45) is 0 Å². The first kappa shape index (κ1) is 39.1. The Morgan fingerprint density at radius 3 is 2.67 bits per heavy atom. The molecule has 1 amide bonds. The molecule has 1 aliphatic rings. The van der Waals surface area contributed by atoms with Crippen LogP contribution in [0.25, 0.3) is 16.6 Å². The van der Waals surface area contributed by atoms with Crippen LogP contribution in [0.4, 0.5) is 4.39 Å². The second kappa shape index (κ2) is 16.2. The van der Waals surface area contributed by atoms with Gasteiger partial charge < -0.3 is 19.4 Å². The van der Waals surface area contributed by atoms with E-state index in [2.05, 4.69) is 42.0 Å². The molecule has 0 saturated heterocycles. The van der Waals surface area contributed by atoms with Crippen LogP contribution < -0.4 is 10.1 Å². The number of hydrogen-bond donors (Lipinski definition) is 2. The van der Waals surface area contributed by atoms with E-state index in [1.807, 2.05) is 36.6 Å². The highest BCUT2D eigenvalue weighted by Gasteiger charge is 2.25. The van der Waals surface area contributed by atoms with Crippen LogP contribution in [-0.2, 0) is 34.2 Å². The van der Waals surface area contributed by atoms with E-state index in [1.54, 1.807) is 24.4 Å². The summed E-state index contributed by atoms with van der Waals surface area (Å²) in [6.07, 6.45) is 7.71. The molecule has 1 aliphatic heterocycles. The SMILES string of the molecule is CCC(C)(C)OCCC(C)(C)NC(=O)c1ccc2nc(CN3CC=C(c4cnc(OCc5ccc(C#N)cc5F)s4)CC3)n(CCS(C)(=N)=O)c2c1. The smallest absolute Gasteiger partial charge is 0.274 e. The molecule has 1 unspecified atom stereocenters. The molecule has 0 fully saturated rings. The van der Waals surface area contributed by atoms with Gasteiger partial charge in [0.05, 0.1) is 39.7 Å². The number of nitrogens with one attached hydrogen (secondary N) is 2. The van der Waals surface area contributed by atoms with E-state index in [0.29, 0.717) is 49.0 Å². The zero-order valence-electron chi connectivity index (χ0n) is 30.8. The molecule has 1 atom stereocenters. The van der Waals surface area contributed by atoms with E-state index in [9.17, 15) is 13.4 Å². The molecule has 5 rings (SSSR count). The lowest BCUT2D eigenvalue weighted by Crippen LogP contribution is -2.44. The fraction of sp³-hybridized carbons (Fsp3) is 0.474. The van der Waals surface area contributed by atoms with Crippen molar-refractivity contribution >= 4 is 43.6 Å². The molecule has 11 nitrogen and oxygen atoms in total. The number of aryl methyl sites for hydroxylation is 1. The summed E-state index contributed by atoms with van der Waals surface area (Å²) in [6, 6.07) is 11.7. The maximum absolute atomic E-state index is 14.3. The number of carbonyl (C=O) groups excluding carboxylic acids is 1. The average molecular weight is 750 g/mol. The predicted octanol–water partition coefficient (Wildman–Crippen LogP) is 7.15. The van der Waals surface area contributed by atoms with E-state index in [-0.39, 0.29) is 29.4 Å². The molecule has 0 radical (unpaired) electrons. The number of amides is 1. The third-order valence-electron chi connectivity index (χ3n) is 9.31. The molecule has 0 aliphatic carbocycles. The van der Waals surface area contributed by atoms with Gasteiger partial charge in [-0.3, -0.25) is 18.7 Å². The first-order valence-corrected chi connectivity index (χ1v) is 20.4. The van der Waals surface area contributed by atoms with Gasteiger partial charge in [-0.1, -0.05) is 30.4 Å². The molecule has 3 heterocycles. The lowest BCUT2D eigenvalue weighted by molar-refractivity contribution is -0.0271. The quantitative estimate of drug-likeness (QED) is 0.123. The number of ether oxygens (including phenoxy) is 2. The first-order chi connectivity index (χ1) is 24.5. The van der Waals surface area contributed by atoms with E-state index < -0.39 is 21.1 Å². The Hall–Kier alpha value is -4.16. The number of carbonyl (C=O) groups is 1. The Morgan fingerprint density at radius 1 is 1.21 bits per heavy atom.